The third-order valence-corrected chi connectivity index (χ3v) is 4.29. The van der Waals surface area contributed by atoms with E-state index in [0.717, 1.165) is 10.6 Å². The van der Waals surface area contributed by atoms with E-state index < -0.39 is 5.60 Å². The number of rotatable bonds is 5. The van der Waals surface area contributed by atoms with Gasteiger partial charge < -0.3 is 14.8 Å². The molecule has 2 heterocycles. The van der Waals surface area contributed by atoms with Crippen molar-refractivity contribution in [2.75, 3.05) is 6.54 Å². The Hall–Kier alpha value is -2.44. The van der Waals surface area contributed by atoms with Crippen molar-refractivity contribution in [3.05, 3.63) is 65.6 Å². The van der Waals surface area contributed by atoms with Gasteiger partial charge in [-0.1, -0.05) is 30.3 Å². The zero-order valence-corrected chi connectivity index (χ0v) is 13.3. The van der Waals surface area contributed by atoms with Gasteiger partial charge in [0, 0.05) is 10.9 Å². The Morgan fingerprint density at radius 3 is 2.78 bits per heavy atom. The minimum absolute atomic E-state index is 0.0392. The summed E-state index contributed by atoms with van der Waals surface area (Å²) in [7, 11) is 0. The van der Waals surface area contributed by atoms with Gasteiger partial charge in [-0.15, -0.1) is 11.3 Å². The number of aliphatic hydroxyl groups is 1. The van der Waals surface area contributed by atoms with Crippen molar-refractivity contribution in [2.45, 2.75) is 12.5 Å². The number of nitrogens with one attached hydrogen (secondary N) is 1. The molecule has 1 amide bonds. The first-order chi connectivity index (χ1) is 11.1. The highest BCUT2D eigenvalue weighted by Gasteiger charge is 2.27. The summed E-state index contributed by atoms with van der Waals surface area (Å²) in [5.74, 6) is 0.0799. The number of nitrogens with zero attached hydrogens (tertiary/aromatic N) is 1. The summed E-state index contributed by atoms with van der Waals surface area (Å²) in [6.45, 7) is 1.63. The fraction of sp³-hybridized carbons (Fsp3) is 0.176. The summed E-state index contributed by atoms with van der Waals surface area (Å²) < 4.78 is 5.18. The molecule has 0 fully saturated rings. The molecular formula is C17H16N2O3S. The van der Waals surface area contributed by atoms with Crippen molar-refractivity contribution in [1.29, 1.82) is 0 Å². The number of hydrogen-bond donors (Lipinski definition) is 2. The summed E-state index contributed by atoms with van der Waals surface area (Å²) in [6, 6.07) is 13.0. The second-order valence-corrected chi connectivity index (χ2v) is 6.20. The lowest BCUT2D eigenvalue weighted by Crippen LogP contribution is -2.38. The van der Waals surface area contributed by atoms with Crippen LogP contribution in [0.2, 0.25) is 0 Å². The minimum atomic E-state index is -1.27. The molecule has 0 radical (unpaired) electrons. The molecule has 118 valence electrons. The molecule has 0 aliphatic heterocycles. The third-order valence-electron chi connectivity index (χ3n) is 3.40. The van der Waals surface area contributed by atoms with Gasteiger partial charge in [0.1, 0.15) is 22.1 Å². The quantitative estimate of drug-likeness (QED) is 0.755. The number of carbonyl (C=O) groups is 1. The normalized spacial score (nSPS) is 13.5. The number of furan rings is 1. The molecule has 0 bridgehead atoms. The second kappa shape index (κ2) is 6.36. The van der Waals surface area contributed by atoms with Crippen LogP contribution in [0.1, 0.15) is 23.2 Å². The fourth-order valence-electron chi connectivity index (χ4n) is 2.11. The molecule has 3 rings (SSSR count). The molecule has 0 saturated carbocycles. The topological polar surface area (TPSA) is 75.4 Å². The lowest BCUT2D eigenvalue weighted by Gasteiger charge is -2.20. The van der Waals surface area contributed by atoms with Crippen molar-refractivity contribution in [2.24, 2.45) is 0 Å². The van der Waals surface area contributed by atoms with E-state index in [1.807, 2.05) is 30.3 Å². The summed E-state index contributed by atoms with van der Waals surface area (Å²) in [5, 5.41) is 15.5. The smallest absolute Gasteiger partial charge is 0.270 e. The molecule has 23 heavy (non-hydrogen) atoms. The number of aromatic nitrogens is 1. The third kappa shape index (κ3) is 3.49. The fourth-order valence-corrected chi connectivity index (χ4v) is 2.91. The largest absolute Gasteiger partial charge is 0.466 e. The summed E-state index contributed by atoms with van der Waals surface area (Å²) in [4.78, 5) is 16.5. The molecule has 1 atom stereocenters. The molecule has 2 N–H and O–H groups in total. The standard InChI is InChI=1S/C17H16N2O3S/c1-17(21,14-8-5-9-22-14)11-18-15(20)13-10-23-16(19-13)12-6-3-2-4-7-12/h2-10,21H,11H2,1H3,(H,18,20)/t17-/m1/s1. The predicted octanol–water partition coefficient (Wildman–Crippen LogP) is 3.04. The first kappa shape index (κ1) is 15.5. The first-order valence-corrected chi connectivity index (χ1v) is 8.00. The van der Waals surface area contributed by atoms with Gasteiger partial charge in [-0.3, -0.25) is 4.79 Å². The predicted molar refractivity (Wildman–Crippen MR) is 88.2 cm³/mol. The monoisotopic (exact) mass is 328 g/mol. The van der Waals surface area contributed by atoms with Gasteiger partial charge in [-0.05, 0) is 19.1 Å². The van der Waals surface area contributed by atoms with Crippen molar-refractivity contribution >= 4 is 17.2 Å². The Morgan fingerprint density at radius 2 is 2.09 bits per heavy atom. The van der Waals surface area contributed by atoms with Gasteiger partial charge in [0.25, 0.3) is 5.91 Å². The molecule has 3 aromatic rings. The number of thiazole rings is 1. The molecule has 0 unspecified atom stereocenters. The molecular weight excluding hydrogens is 312 g/mol. The van der Waals surface area contributed by atoms with Crippen molar-refractivity contribution in [3.63, 3.8) is 0 Å². The van der Waals surface area contributed by atoms with Crippen molar-refractivity contribution < 1.29 is 14.3 Å². The van der Waals surface area contributed by atoms with Gasteiger partial charge >= 0.3 is 0 Å². The number of hydrogen-bond acceptors (Lipinski definition) is 5. The van der Waals surface area contributed by atoms with Crippen LogP contribution in [0.3, 0.4) is 0 Å². The maximum Gasteiger partial charge on any atom is 0.270 e. The zero-order chi connectivity index (χ0) is 16.3. The van der Waals surface area contributed by atoms with E-state index in [4.69, 9.17) is 4.42 Å². The molecule has 0 saturated heterocycles. The van der Waals surface area contributed by atoms with Crippen molar-refractivity contribution in [1.82, 2.24) is 10.3 Å². The highest BCUT2D eigenvalue weighted by atomic mass is 32.1. The van der Waals surface area contributed by atoms with Gasteiger partial charge in [-0.2, -0.15) is 0 Å². The van der Waals surface area contributed by atoms with E-state index in [1.165, 1.54) is 17.6 Å². The Labute approximate surface area is 137 Å². The molecule has 1 aromatic carbocycles. The lowest BCUT2D eigenvalue weighted by molar-refractivity contribution is 0.0329. The molecule has 0 aliphatic carbocycles. The maximum atomic E-state index is 12.2. The number of benzene rings is 1. The molecule has 6 heteroatoms. The van der Waals surface area contributed by atoms with E-state index in [1.54, 1.807) is 24.4 Å². The van der Waals surface area contributed by atoms with E-state index in [-0.39, 0.29) is 12.5 Å². The van der Waals surface area contributed by atoms with Crippen molar-refractivity contribution in [3.8, 4) is 10.6 Å². The first-order valence-electron chi connectivity index (χ1n) is 7.12. The van der Waals surface area contributed by atoms with Crippen LogP contribution in [0.15, 0.2) is 58.5 Å². The van der Waals surface area contributed by atoms with Crippen LogP contribution in [0.4, 0.5) is 0 Å². The van der Waals surface area contributed by atoms with Gasteiger partial charge in [0.05, 0.1) is 12.8 Å². The van der Waals surface area contributed by atoms with Gasteiger partial charge in [0.2, 0.25) is 0 Å². The van der Waals surface area contributed by atoms with Gasteiger partial charge in [0.15, 0.2) is 0 Å². The average Bonchev–Trinajstić information content (AvgIpc) is 3.25. The van der Waals surface area contributed by atoms with E-state index in [9.17, 15) is 9.90 Å². The van der Waals surface area contributed by atoms with Crippen LogP contribution in [0.5, 0.6) is 0 Å². The Bertz CT molecular complexity index is 779. The summed E-state index contributed by atoms with van der Waals surface area (Å²) >= 11 is 1.41. The Kier molecular flexibility index (Phi) is 4.27. The molecule has 0 aliphatic rings. The number of carbonyl (C=O) groups excluding carboxylic acids is 1. The van der Waals surface area contributed by atoms with Crippen LogP contribution in [-0.4, -0.2) is 22.5 Å². The number of amides is 1. The van der Waals surface area contributed by atoms with Crippen LogP contribution >= 0.6 is 11.3 Å². The summed E-state index contributed by atoms with van der Waals surface area (Å²) in [5.41, 5.74) is 0.0421. The van der Waals surface area contributed by atoms with E-state index in [0.29, 0.717) is 11.5 Å². The van der Waals surface area contributed by atoms with Crippen LogP contribution in [0.25, 0.3) is 10.6 Å². The van der Waals surface area contributed by atoms with Crippen LogP contribution in [-0.2, 0) is 5.60 Å². The van der Waals surface area contributed by atoms with Crippen LogP contribution < -0.4 is 5.32 Å². The van der Waals surface area contributed by atoms with Crippen LogP contribution in [0, 0.1) is 0 Å². The second-order valence-electron chi connectivity index (χ2n) is 5.34. The Morgan fingerprint density at radius 1 is 1.30 bits per heavy atom. The molecule has 0 spiro atoms. The van der Waals surface area contributed by atoms with Gasteiger partial charge in [-0.25, -0.2) is 4.98 Å². The summed E-state index contributed by atoms with van der Waals surface area (Å²) in [6.07, 6.45) is 1.48. The molecule has 2 aromatic heterocycles. The Balaban J connectivity index is 1.66. The zero-order valence-electron chi connectivity index (χ0n) is 12.5. The maximum absolute atomic E-state index is 12.2. The van der Waals surface area contributed by atoms with E-state index in [2.05, 4.69) is 10.3 Å². The van der Waals surface area contributed by atoms with E-state index >= 15 is 0 Å². The SMILES string of the molecule is C[C@@](O)(CNC(=O)c1csc(-c2ccccc2)n1)c1ccco1. The highest BCUT2D eigenvalue weighted by Crippen LogP contribution is 2.24. The average molecular weight is 328 g/mol. The lowest BCUT2D eigenvalue weighted by atomic mass is 10.0. The molecule has 5 nitrogen and oxygen atoms in total. The minimum Gasteiger partial charge on any atom is -0.466 e. The highest BCUT2D eigenvalue weighted by molar-refractivity contribution is 7.13.